The van der Waals surface area contributed by atoms with Crippen molar-refractivity contribution < 1.29 is 9.53 Å². The Balaban J connectivity index is 1.57. The fourth-order valence-electron chi connectivity index (χ4n) is 2.12. The van der Waals surface area contributed by atoms with Crippen molar-refractivity contribution in [2.24, 2.45) is 0 Å². The monoisotopic (exact) mass is 375 g/mol. The predicted molar refractivity (Wildman–Crippen MR) is 98.2 cm³/mol. The van der Waals surface area contributed by atoms with Crippen LogP contribution in [-0.4, -0.2) is 38.5 Å². The van der Waals surface area contributed by atoms with E-state index in [4.69, 9.17) is 4.74 Å². The highest BCUT2D eigenvalue weighted by Crippen LogP contribution is 2.24. The smallest absolute Gasteiger partial charge is 0.234 e. The highest BCUT2D eigenvalue weighted by atomic mass is 32.2. The Hall–Kier alpha value is -2.39. The highest BCUT2D eigenvalue weighted by Gasteiger charge is 2.12. The van der Waals surface area contributed by atoms with E-state index in [0.29, 0.717) is 29.7 Å². The van der Waals surface area contributed by atoms with Crippen molar-refractivity contribution in [2.75, 3.05) is 17.7 Å². The van der Waals surface area contributed by atoms with E-state index in [9.17, 15) is 4.79 Å². The van der Waals surface area contributed by atoms with Gasteiger partial charge in [-0.1, -0.05) is 30.0 Å². The van der Waals surface area contributed by atoms with Crippen LogP contribution in [0.1, 0.15) is 11.8 Å². The fourth-order valence-corrected chi connectivity index (χ4v) is 3.48. The van der Waals surface area contributed by atoms with E-state index < -0.39 is 0 Å². The summed E-state index contributed by atoms with van der Waals surface area (Å²) in [4.78, 5) is 13.4. The van der Waals surface area contributed by atoms with Crippen LogP contribution in [-0.2, 0) is 11.3 Å². The van der Waals surface area contributed by atoms with Crippen LogP contribution in [0.3, 0.4) is 0 Å². The number of thioether (sulfide) groups is 1. The van der Waals surface area contributed by atoms with Gasteiger partial charge in [0.25, 0.3) is 0 Å². The minimum atomic E-state index is -0.136. The van der Waals surface area contributed by atoms with E-state index in [0.717, 1.165) is 4.88 Å². The van der Waals surface area contributed by atoms with Crippen LogP contribution in [0.25, 0.3) is 0 Å². The largest absolute Gasteiger partial charge is 0.492 e. The number of nitrogens with zero attached hydrogens (tertiary/aromatic N) is 4. The topological polar surface area (TPSA) is 81.9 Å². The summed E-state index contributed by atoms with van der Waals surface area (Å²) in [7, 11) is 0. The number of anilines is 1. The molecule has 0 saturated heterocycles. The molecule has 0 bridgehead atoms. The molecule has 0 radical (unpaired) electrons. The van der Waals surface area contributed by atoms with Gasteiger partial charge in [0.05, 0.1) is 24.6 Å². The molecule has 0 fully saturated rings. The van der Waals surface area contributed by atoms with Gasteiger partial charge in [0.15, 0.2) is 0 Å². The van der Waals surface area contributed by atoms with E-state index in [1.165, 1.54) is 11.8 Å². The third-order valence-electron chi connectivity index (χ3n) is 3.18. The average Bonchev–Trinajstić information content (AvgIpc) is 3.27. The van der Waals surface area contributed by atoms with Gasteiger partial charge in [0.2, 0.25) is 11.1 Å². The molecule has 3 rings (SSSR count). The fraction of sp³-hybridized carbons (Fsp3) is 0.250. The van der Waals surface area contributed by atoms with Crippen molar-refractivity contribution in [2.45, 2.75) is 18.6 Å². The molecule has 1 aromatic carbocycles. The number of amides is 1. The standard InChI is InChI=1S/C16H17N5O2S2/c1-2-23-14-8-4-3-7-13(14)17-15(22)11-25-16-18-19-20-21(16)10-12-6-5-9-24-12/h3-9H,2,10-11H2,1H3,(H,17,22). The number of tetrazole rings is 1. The molecule has 130 valence electrons. The second-order valence-electron chi connectivity index (χ2n) is 4.96. The molecule has 0 saturated carbocycles. The number of nitrogens with one attached hydrogen (secondary N) is 1. The lowest BCUT2D eigenvalue weighted by Crippen LogP contribution is -2.15. The highest BCUT2D eigenvalue weighted by molar-refractivity contribution is 7.99. The van der Waals surface area contributed by atoms with Crippen molar-refractivity contribution in [3.63, 3.8) is 0 Å². The maximum Gasteiger partial charge on any atom is 0.234 e. The third-order valence-corrected chi connectivity index (χ3v) is 5.00. The van der Waals surface area contributed by atoms with Gasteiger partial charge in [-0.05, 0) is 40.9 Å². The molecule has 1 N–H and O–H groups in total. The molecule has 0 aliphatic rings. The SMILES string of the molecule is CCOc1ccccc1NC(=O)CSc1nnnn1Cc1cccs1. The molecule has 25 heavy (non-hydrogen) atoms. The molecular formula is C16H17N5O2S2. The minimum absolute atomic E-state index is 0.136. The van der Waals surface area contributed by atoms with Crippen molar-refractivity contribution in [3.8, 4) is 5.75 Å². The number of aromatic nitrogens is 4. The molecule has 7 nitrogen and oxygen atoms in total. The first-order chi connectivity index (χ1) is 12.3. The van der Waals surface area contributed by atoms with Crippen LogP contribution in [0.5, 0.6) is 5.75 Å². The van der Waals surface area contributed by atoms with Crippen LogP contribution in [0.2, 0.25) is 0 Å². The molecule has 9 heteroatoms. The minimum Gasteiger partial charge on any atom is -0.492 e. The number of hydrogen-bond donors (Lipinski definition) is 1. The summed E-state index contributed by atoms with van der Waals surface area (Å²) in [6.07, 6.45) is 0. The molecule has 1 amide bonds. The lowest BCUT2D eigenvalue weighted by Gasteiger charge is -2.10. The van der Waals surface area contributed by atoms with Gasteiger partial charge in [-0.2, -0.15) is 0 Å². The first-order valence-corrected chi connectivity index (χ1v) is 9.56. The first kappa shape index (κ1) is 17.4. The maximum atomic E-state index is 12.2. The van der Waals surface area contributed by atoms with Gasteiger partial charge in [0, 0.05) is 4.88 Å². The van der Waals surface area contributed by atoms with Crippen LogP contribution in [0.4, 0.5) is 5.69 Å². The average molecular weight is 375 g/mol. The predicted octanol–water partition coefficient (Wildman–Crippen LogP) is 2.91. The van der Waals surface area contributed by atoms with E-state index >= 15 is 0 Å². The number of rotatable bonds is 8. The number of carbonyl (C=O) groups is 1. The second kappa shape index (κ2) is 8.63. The summed E-state index contributed by atoms with van der Waals surface area (Å²) in [5.41, 5.74) is 0.660. The molecule has 2 aromatic heterocycles. The van der Waals surface area contributed by atoms with E-state index in [1.54, 1.807) is 16.0 Å². The van der Waals surface area contributed by atoms with Crippen molar-refractivity contribution in [1.29, 1.82) is 0 Å². The Morgan fingerprint density at radius 1 is 1.32 bits per heavy atom. The Morgan fingerprint density at radius 3 is 3.00 bits per heavy atom. The van der Waals surface area contributed by atoms with Gasteiger partial charge in [-0.3, -0.25) is 4.79 Å². The van der Waals surface area contributed by atoms with Gasteiger partial charge in [-0.25, -0.2) is 4.68 Å². The normalized spacial score (nSPS) is 10.6. The molecule has 0 aliphatic heterocycles. The zero-order valence-corrected chi connectivity index (χ0v) is 15.2. The van der Waals surface area contributed by atoms with Crippen LogP contribution in [0, 0.1) is 0 Å². The lowest BCUT2D eigenvalue weighted by atomic mass is 10.3. The summed E-state index contributed by atoms with van der Waals surface area (Å²) >= 11 is 2.94. The van der Waals surface area contributed by atoms with Gasteiger partial charge >= 0.3 is 0 Å². The molecule has 3 aromatic rings. The van der Waals surface area contributed by atoms with Crippen molar-refractivity contribution in [3.05, 3.63) is 46.7 Å². The van der Waals surface area contributed by atoms with Gasteiger partial charge < -0.3 is 10.1 Å². The van der Waals surface area contributed by atoms with Crippen molar-refractivity contribution in [1.82, 2.24) is 20.2 Å². The summed E-state index contributed by atoms with van der Waals surface area (Å²) in [6.45, 7) is 3.04. The number of para-hydroxylation sites is 2. The van der Waals surface area contributed by atoms with Crippen LogP contribution in [0.15, 0.2) is 46.9 Å². The zero-order chi connectivity index (χ0) is 17.5. The Morgan fingerprint density at radius 2 is 2.20 bits per heavy atom. The maximum absolute atomic E-state index is 12.2. The van der Waals surface area contributed by atoms with Gasteiger partial charge in [0.1, 0.15) is 5.75 Å². The third kappa shape index (κ3) is 4.80. The molecule has 2 heterocycles. The molecule has 0 atom stereocenters. The quantitative estimate of drug-likeness (QED) is 0.610. The Bertz CT molecular complexity index is 820. The number of benzene rings is 1. The van der Waals surface area contributed by atoms with Crippen LogP contribution >= 0.6 is 23.1 Å². The van der Waals surface area contributed by atoms with E-state index in [2.05, 4.69) is 20.8 Å². The Kier molecular flexibility index (Phi) is 6.02. The lowest BCUT2D eigenvalue weighted by molar-refractivity contribution is -0.113. The molecular weight excluding hydrogens is 358 g/mol. The molecule has 0 spiro atoms. The second-order valence-corrected chi connectivity index (χ2v) is 6.94. The summed E-state index contributed by atoms with van der Waals surface area (Å²) < 4.78 is 7.20. The Labute approximate surface area is 153 Å². The molecule has 0 unspecified atom stereocenters. The summed E-state index contributed by atoms with van der Waals surface area (Å²) in [5.74, 6) is 0.736. The first-order valence-electron chi connectivity index (χ1n) is 7.69. The van der Waals surface area contributed by atoms with Crippen molar-refractivity contribution >= 4 is 34.7 Å². The summed E-state index contributed by atoms with van der Waals surface area (Å²) in [6, 6.07) is 11.4. The van der Waals surface area contributed by atoms with E-state index in [1.807, 2.05) is 48.7 Å². The summed E-state index contributed by atoms with van der Waals surface area (Å²) in [5, 5.41) is 17.2. The van der Waals surface area contributed by atoms with Crippen LogP contribution < -0.4 is 10.1 Å². The zero-order valence-electron chi connectivity index (χ0n) is 13.6. The number of carbonyl (C=O) groups excluding carboxylic acids is 1. The molecule has 0 aliphatic carbocycles. The number of hydrogen-bond acceptors (Lipinski definition) is 7. The number of thiophene rings is 1. The van der Waals surface area contributed by atoms with E-state index in [-0.39, 0.29) is 11.7 Å². The number of ether oxygens (including phenoxy) is 1. The van der Waals surface area contributed by atoms with Gasteiger partial charge in [-0.15, -0.1) is 16.4 Å².